The fourth-order valence-corrected chi connectivity index (χ4v) is 5.37. The van der Waals surface area contributed by atoms with E-state index in [2.05, 4.69) is 56.6 Å². The molecule has 1 saturated carbocycles. The van der Waals surface area contributed by atoms with Crippen molar-refractivity contribution in [1.82, 2.24) is 14.9 Å². The number of aromatic nitrogens is 2. The van der Waals surface area contributed by atoms with Crippen LogP contribution >= 0.6 is 0 Å². The highest BCUT2D eigenvalue weighted by molar-refractivity contribution is 5.90. The SMILES string of the molecule is COc1ccc2ncnc(NC3CCN(Cc4ccc5ccc(C6CCC6)cc5c4)CC3)c2c1. The first-order valence-corrected chi connectivity index (χ1v) is 12.6. The van der Waals surface area contributed by atoms with Gasteiger partial charge in [0.05, 0.1) is 12.6 Å². The molecule has 0 radical (unpaired) electrons. The highest BCUT2D eigenvalue weighted by Gasteiger charge is 2.21. The van der Waals surface area contributed by atoms with Crippen LogP contribution in [-0.4, -0.2) is 41.1 Å². The molecule has 0 bridgehead atoms. The Hall–Kier alpha value is -3.18. The Labute approximate surface area is 201 Å². The van der Waals surface area contributed by atoms with Gasteiger partial charge in [-0.2, -0.15) is 0 Å². The maximum Gasteiger partial charge on any atom is 0.137 e. The van der Waals surface area contributed by atoms with Crippen LogP contribution < -0.4 is 10.1 Å². The van der Waals surface area contributed by atoms with E-state index in [1.807, 2.05) is 18.2 Å². The summed E-state index contributed by atoms with van der Waals surface area (Å²) in [6, 6.07) is 20.4. The molecule has 0 amide bonds. The van der Waals surface area contributed by atoms with E-state index in [0.717, 1.165) is 60.9 Å². The quantitative estimate of drug-likeness (QED) is 0.381. The molecule has 174 valence electrons. The fraction of sp³-hybridized carbons (Fsp3) is 0.379. The van der Waals surface area contributed by atoms with Crippen LogP contribution in [0.3, 0.4) is 0 Å². The van der Waals surface area contributed by atoms with Crippen LogP contribution in [0.5, 0.6) is 5.75 Å². The molecule has 4 aromatic rings. The number of ether oxygens (including phenoxy) is 1. The highest BCUT2D eigenvalue weighted by atomic mass is 16.5. The smallest absolute Gasteiger partial charge is 0.137 e. The number of nitrogens with zero attached hydrogens (tertiary/aromatic N) is 3. The van der Waals surface area contributed by atoms with Crippen molar-refractivity contribution in [3.05, 3.63) is 72.1 Å². The lowest BCUT2D eigenvalue weighted by atomic mass is 9.79. The van der Waals surface area contributed by atoms with Crippen molar-refractivity contribution in [1.29, 1.82) is 0 Å². The van der Waals surface area contributed by atoms with Gasteiger partial charge in [0.1, 0.15) is 17.9 Å². The molecule has 0 atom stereocenters. The van der Waals surface area contributed by atoms with E-state index in [9.17, 15) is 0 Å². The van der Waals surface area contributed by atoms with Gasteiger partial charge in [-0.15, -0.1) is 0 Å². The molecular weight excluding hydrogens is 420 g/mol. The summed E-state index contributed by atoms with van der Waals surface area (Å²) in [5.41, 5.74) is 3.88. The molecule has 1 aromatic heterocycles. The van der Waals surface area contributed by atoms with Crippen molar-refractivity contribution < 1.29 is 4.74 Å². The molecule has 1 saturated heterocycles. The Kier molecular flexibility index (Phi) is 5.79. The zero-order valence-electron chi connectivity index (χ0n) is 19.8. The molecule has 2 heterocycles. The van der Waals surface area contributed by atoms with Crippen molar-refractivity contribution in [3.8, 4) is 5.75 Å². The van der Waals surface area contributed by atoms with Gasteiger partial charge >= 0.3 is 0 Å². The number of piperidine rings is 1. The number of rotatable bonds is 6. The van der Waals surface area contributed by atoms with E-state index in [-0.39, 0.29) is 0 Å². The van der Waals surface area contributed by atoms with Crippen LogP contribution in [0.1, 0.15) is 49.1 Å². The van der Waals surface area contributed by atoms with Crippen LogP contribution in [-0.2, 0) is 6.54 Å². The largest absolute Gasteiger partial charge is 0.497 e. The van der Waals surface area contributed by atoms with Gasteiger partial charge in [0, 0.05) is 31.1 Å². The van der Waals surface area contributed by atoms with Gasteiger partial charge < -0.3 is 10.1 Å². The van der Waals surface area contributed by atoms with E-state index in [0.29, 0.717) is 6.04 Å². The van der Waals surface area contributed by atoms with E-state index in [4.69, 9.17) is 4.74 Å². The van der Waals surface area contributed by atoms with Gasteiger partial charge in [0.15, 0.2) is 0 Å². The lowest BCUT2D eigenvalue weighted by Gasteiger charge is -2.33. The Morgan fingerprint density at radius 1 is 0.912 bits per heavy atom. The van der Waals surface area contributed by atoms with Gasteiger partial charge in [0.25, 0.3) is 0 Å². The molecule has 0 unspecified atom stereocenters. The number of likely N-dealkylation sites (tertiary alicyclic amines) is 1. The Bertz CT molecular complexity index is 1310. The number of benzene rings is 3. The standard InChI is InChI=1S/C29H32N4O/c1-34-26-9-10-28-27(17-26)29(31-19-30-28)32-25-11-13-33(14-12-25)18-20-5-6-22-7-8-23(16-24(22)15-20)21-3-2-4-21/h5-10,15-17,19,21,25H,2-4,11-14,18H2,1H3,(H,30,31,32). The summed E-state index contributed by atoms with van der Waals surface area (Å²) in [7, 11) is 1.69. The van der Waals surface area contributed by atoms with Gasteiger partial charge in [0.2, 0.25) is 0 Å². The average Bonchev–Trinajstić information content (AvgIpc) is 2.84. The molecule has 2 fully saturated rings. The molecule has 0 spiro atoms. The van der Waals surface area contributed by atoms with Crippen LogP contribution in [0, 0.1) is 0 Å². The number of methoxy groups -OCH3 is 1. The van der Waals surface area contributed by atoms with Crippen LogP contribution in [0.25, 0.3) is 21.7 Å². The summed E-state index contributed by atoms with van der Waals surface area (Å²) in [4.78, 5) is 11.5. The predicted molar refractivity (Wildman–Crippen MR) is 139 cm³/mol. The Morgan fingerprint density at radius 3 is 2.56 bits per heavy atom. The molecule has 6 rings (SSSR count). The third kappa shape index (κ3) is 4.32. The van der Waals surface area contributed by atoms with Crippen molar-refractivity contribution in [2.75, 3.05) is 25.5 Å². The lowest BCUT2D eigenvalue weighted by Crippen LogP contribution is -2.38. The molecule has 3 aromatic carbocycles. The molecule has 1 aliphatic heterocycles. The van der Waals surface area contributed by atoms with E-state index in [1.54, 1.807) is 13.4 Å². The first-order chi connectivity index (χ1) is 16.7. The number of hydrogen-bond donors (Lipinski definition) is 1. The summed E-state index contributed by atoms with van der Waals surface area (Å²) in [5.74, 6) is 2.52. The molecule has 5 nitrogen and oxygen atoms in total. The molecule has 1 N–H and O–H groups in total. The first-order valence-electron chi connectivity index (χ1n) is 12.6. The number of nitrogens with one attached hydrogen (secondary N) is 1. The monoisotopic (exact) mass is 452 g/mol. The van der Waals surface area contributed by atoms with E-state index in [1.165, 1.54) is 41.2 Å². The minimum atomic E-state index is 0.419. The van der Waals surface area contributed by atoms with Gasteiger partial charge in [-0.3, -0.25) is 4.90 Å². The summed E-state index contributed by atoms with van der Waals surface area (Å²) in [6.45, 7) is 3.19. The van der Waals surface area contributed by atoms with Crippen LogP contribution in [0.2, 0.25) is 0 Å². The van der Waals surface area contributed by atoms with Crippen molar-refractivity contribution in [2.45, 2.75) is 50.6 Å². The molecule has 1 aliphatic carbocycles. The minimum Gasteiger partial charge on any atom is -0.497 e. The zero-order chi connectivity index (χ0) is 22.9. The second kappa shape index (κ2) is 9.22. The van der Waals surface area contributed by atoms with Crippen LogP contribution in [0.15, 0.2) is 60.9 Å². The highest BCUT2D eigenvalue weighted by Crippen LogP contribution is 2.37. The minimum absolute atomic E-state index is 0.419. The molecule has 2 aliphatic rings. The van der Waals surface area contributed by atoms with Gasteiger partial charge in [-0.05, 0) is 77.8 Å². The second-order valence-corrected chi connectivity index (χ2v) is 9.87. The maximum absolute atomic E-state index is 5.40. The Balaban J connectivity index is 1.10. The fourth-order valence-electron chi connectivity index (χ4n) is 5.37. The van der Waals surface area contributed by atoms with Crippen LogP contribution in [0.4, 0.5) is 5.82 Å². The van der Waals surface area contributed by atoms with Gasteiger partial charge in [-0.1, -0.05) is 36.8 Å². The summed E-state index contributed by atoms with van der Waals surface area (Å²) in [6.07, 6.45) is 7.94. The average molecular weight is 453 g/mol. The van der Waals surface area contributed by atoms with Crippen molar-refractivity contribution >= 4 is 27.5 Å². The number of hydrogen-bond acceptors (Lipinski definition) is 5. The van der Waals surface area contributed by atoms with E-state index >= 15 is 0 Å². The molecule has 34 heavy (non-hydrogen) atoms. The number of anilines is 1. The topological polar surface area (TPSA) is 50.3 Å². The number of fused-ring (bicyclic) bond motifs is 2. The van der Waals surface area contributed by atoms with Crippen molar-refractivity contribution in [2.24, 2.45) is 0 Å². The lowest BCUT2D eigenvalue weighted by molar-refractivity contribution is 0.211. The Morgan fingerprint density at radius 2 is 1.76 bits per heavy atom. The first kappa shape index (κ1) is 21.4. The third-order valence-corrected chi connectivity index (χ3v) is 7.68. The third-order valence-electron chi connectivity index (χ3n) is 7.68. The predicted octanol–water partition coefficient (Wildman–Crippen LogP) is 6.14. The zero-order valence-corrected chi connectivity index (χ0v) is 19.8. The normalized spacial score (nSPS) is 17.7. The summed E-state index contributed by atoms with van der Waals surface area (Å²) < 4.78 is 5.40. The van der Waals surface area contributed by atoms with E-state index < -0.39 is 0 Å². The van der Waals surface area contributed by atoms with Gasteiger partial charge in [-0.25, -0.2) is 9.97 Å². The maximum atomic E-state index is 5.40. The van der Waals surface area contributed by atoms with Crippen molar-refractivity contribution in [3.63, 3.8) is 0 Å². The molecular formula is C29H32N4O. The molecule has 5 heteroatoms. The summed E-state index contributed by atoms with van der Waals surface area (Å²) in [5, 5.41) is 7.44. The summed E-state index contributed by atoms with van der Waals surface area (Å²) >= 11 is 0. The second-order valence-electron chi connectivity index (χ2n) is 9.87.